The van der Waals surface area contributed by atoms with E-state index in [0.717, 1.165) is 18.4 Å². The molecule has 1 aromatic carbocycles. The minimum absolute atomic E-state index is 0.00117. The Bertz CT molecular complexity index is 632. The van der Waals surface area contributed by atoms with E-state index in [1.807, 2.05) is 6.92 Å². The molecular formula is C14H14FN3O3. The maximum Gasteiger partial charge on any atom is 0.314 e. The van der Waals surface area contributed by atoms with Crippen LogP contribution in [0.3, 0.4) is 0 Å². The standard InChI is InChI=1S/C14H14FN3O3/c1-2-16-13-7-6-10(8-17-13)9-21-14-11(15)4-3-5-12(14)18(19)20/h3-8H,2,9H2,1H3,(H,16,17). The van der Waals surface area contributed by atoms with Crippen molar-refractivity contribution >= 4 is 11.5 Å². The maximum absolute atomic E-state index is 13.6. The van der Waals surface area contributed by atoms with E-state index >= 15 is 0 Å². The number of nitrogens with one attached hydrogen (secondary N) is 1. The fraction of sp³-hybridized carbons (Fsp3) is 0.214. The smallest absolute Gasteiger partial charge is 0.314 e. The Morgan fingerprint density at radius 1 is 1.38 bits per heavy atom. The molecule has 0 aliphatic carbocycles. The molecule has 1 N–H and O–H groups in total. The van der Waals surface area contributed by atoms with Crippen molar-refractivity contribution in [3.05, 3.63) is 58.0 Å². The van der Waals surface area contributed by atoms with Crippen molar-refractivity contribution < 1.29 is 14.1 Å². The maximum atomic E-state index is 13.6. The SMILES string of the molecule is CCNc1ccc(COc2c(F)cccc2[N+](=O)[O-])cn1. The third-order valence-electron chi connectivity index (χ3n) is 2.71. The summed E-state index contributed by atoms with van der Waals surface area (Å²) in [5.41, 5.74) is 0.293. The number of nitro groups is 1. The van der Waals surface area contributed by atoms with Gasteiger partial charge in [0, 0.05) is 24.4 Å². The van der Waals surface area contributed by atoms with E-state index < -0.39 is 16.4 Å². The van der Waals surface area contributed by atoms with Crippen LogP contribution in [0.15, 0.2) is 36.5 Å². The second-order valence-corrected chi connectivity index (χ2v) is 4.22. The van der Waals surface area contributed by atoms with Crippen LogP contribution < -0.4 is 10.1 Å². The van der Waals surface area contributed by atoms with Gasteiger partial charge in [-0.2, -0.15) is 0 Å². The molecule has 2 rings (SSSR count). The molecule has 21 heavy (non-hydrogen) atoms. The van der Waals surface area contributed by atoms with Crippen LogP contribution in [-0.2, 0) is 6.61 Å². The largest absolute Gasteiger partial charge is 0.480 e. The normalized spacial score (nSPS) is 10.2. The van der Waals surface area contributed by atoms with Crippen LogP contribution in [0.1, 0.15) is 12.5 Å². The number of para-hydroxylation sites is 1. The van der Waals surface area contributed by atoms with Gasteiger partial charge in [0.2, 0.25) is 5.75 Å². The van der Waals surface area contributed by atoms with Gasteiger partial charge in [-0.3, -0.25) is 10.1 Å². The Morgan fingerprint density at radius 3 is 2.81 bits per heavy atom. The topological polar surface area (TPSA) is 77.3 Å². The second kappa shape index (κ2) is 6.65. The van der Waals surface area contributed by atoms with Gasteiger partial charge in [-0.15, -0.1) is 0 Å². The molecule has 0 radical (unpaired) electrons. The van der Waals surface area contributed by atoms with Crippen molar-refractivity contribution in [3.8, 4) is 5.75 Å². The number of halogens is 1. The number of hydrogen-bond donors (Lipinski definition) is 1. The Morgan fingerprint density at radius 2 is 2.19 bits per heavy atom. The van der Waals surface area contributed by atoms with E-state index in [2.05, 4.69) is 10.3 Å². The molecular weight excluding hydrogens is 277 g/mol. The van der Waals surface area contributed by atoms with Crippen LogP contribution in [-0.4, -0.2) is 16.5 Å². The van der Waals surface area contributed by atoms with Crippen LogP contribution in [0.25, 0.3) is 0 Å². The summed E-state index contributed by atoms with van der Waals surface area (Å²) in [6, 6.07) is 7.11. The summed E-state index contributed by atoms with van der Waals surface area (Å²) in [6.45, 7) is 2.71. The van der Waals surface area contributed by atoms with E-state index in [-0.39, 0.29) is 12.4 Å². The number of ether oxygens (including phenoxy) is 1. The highest BCUT2D eigenvalue weighted by atomic mass is 19.1. The predicted molar refractivity (Wildman–Crippen MR) is 75.8 cm³/mol. The van der Waals surface area contributed by atoms with Gasteiger partial charge in [0.05, 0.1) is 4.92 Å². The molecule has 0 unspecified atom stereocenters. The molecule has 0 saturated heterocycles. The van der Waals surface area contributed by atoms with Crippen LogP contribution in [0.4, 0.5) is 15.9 Å². The summed E-state index contributed by atoms with van der Waals surface area (Å²) in [5.74, 6) is -0.405. The van der Waals surface area contributed by atoms with Crippen LogP contribution >= 0.6 is 0 Å². The van der Waals surface area contributed by atoms with E-state index in [4.69, 9.17) is 4.74 Å². The van der Waals surface area contributed by atoms with Crippen molar-refractivity contribution in [1.82, 2.24) is 4.98 Å². The number of nitrogens with zero attached hydrogens (tertiary/aromatic N) is 2. The van der Waals surface area contributed by atoms with Crippen LogP contribution in [0.5, 0.6) is 5.75 Å². The van der Waals surface area contributed by atoms with Gasteiger partial charge in [0.25, 0.3) is 0 Å². The number of nitro benzene ring substituents is 1. The van der Waals surface area contributed by atoms with Crippen molar-refractivity contribution in [2.75, 3.05) is 11.9 Å². The number of hydrogen-bond acceptors (Lipinski definition) is 5. The zero-order valence-corrected chi connectivity index (χ0v) is 11.4. The molecule has 1 aromatic heterocycles. The minimum Gasteiger partial charge on any atom is -0.480 e. The minimum atomic E-state index is -0.763. The number of benzene rings is 1. The fourth-order valence-corrected chi connectivity index (χ4v) is 1.74. The first-order valence-electron chi connectivity index (χ1n) is 6.36. The molecule has 0 aliphatic rings. The fourth-order valence-electron chi connectivity index (χ4n) is 1.74. The van der Waals surface area contributed by atoms with E-state index in [1.54, 1.807) is 18.3 Å². The summed E-state index contributed by atoms with van der Waals surface area (Å²) in [7, 11) is 0. The first-order valence-corrected chi connectivity index (χ1v) is 6.36. The van der Waals surface area contributed by atoms with Crippen molar-refractivity contribution in [2.45, 2.75) is 13.5 Å². The summed E-state index contributed by atoms with van der Waals surface area (Å²) in [4.78, 5) is 14.3. The summed E-state index contributed by atoms with van der Waals surface area (Å²) in [5, 5.41) is 13.9. The first-order chi connectivity index (χ1) is 10.1. The average molecular weight is 291 g/mol. The van der Waals surface area contributed by atoms with Gasteiger partial charge in [-0.05, 0) is 19.1 Å². The quantitative estimate of drug-likeness (QED) is 0.653. The van der Waals surface area contributed by atoms with Crippen LogP contribution in [0, 0.1) is 15.9 Å². The molecule has 0 saturated carbocycles. The van der Waals surface area contributed by atoms with Gasteiger partial charge in [0.1, 0.15) is 12.4 Å². The van der Waals surface area contributed by atoms with E-state index in [1.165, 1.54) is 12.1 Å². The van der Waals surface area contributed by atoms with Crippen LogP contribution in [0.2, 0.25) is 0 Å². The van der Waals surface area contributed by atoms with Gasteiger partial charge in [-0.1, -0.05) is 12.1 Å². The Kier molecular flexibility index (Phi) is 4.65. The lowest BCUT2D eigenvalue weighted by Crippen LogP contribution is -2.03. The highest BCUT2D eigenvalue weighted by molar-refractivity contribution is 5.47. The Labute approximate surface area is 120 Å². The zero-order chi connectivity index (χ0) is 15.2. The molecule has 7 heteroatoms. The first kappa shape index (κ1) is 14.7. The highest BCUT2D eigenvalue weighted by Gasteiger charge is 2.19. The summed E-state index contributed by atoms with van der Waals surface area (Å²) in [6.07, 6.45) is 1.57. The molecule has 1 heterocycles. The number of rotatable bonds is 6. The molecule has 2 aromatic rings. The Balaban J connectivity index is 2.11. The third-order valence-corrected chi connectivity index (χ3v) is 2.71. The molecule has 0 atom stereocenters. The molecule has 110 valence electrons. The lowest BCUT2D eigenvalue weighted by Gasteiger charge is -2.08. The summed E-state index contributed by atoms with van der Waals surface area (Å²) >= 11 is 0. The molecule has 0 fully saturated rings. The number of aromatic nitrogens is 1. The average Bonchev–Trinajstić information content (AvgIpc) is 2.47. The molecule has 0 bridgehead atoms. The molecule has 0 aliphatic heterocycles. The van der Waals surface area contributed by atoms with Gasteiger partial charge in [0.15, 0.2) is 5.82 Å². The monoisotopic (exact) mass is 291 g/mol. The molecule has 6 nitrogen and oxygen atoms in total. The van der Waals surface area contributed by atoms with Crippen molar-refractivity contribution in [2.24, 2.45) is 0 Å². The van der Waals surface area contributed by atoms with Gasteiger partial charge in [-0.25, -0.2) is 9.37 Å². The lowest BCUT2D eigenvalue weighted by molar-refractivity contribution is -0.386. The van der Waals surface area contributed by atoms with E-state index in [0.29, 0.717) is 5.56 Å². The highest BCUT2D eigenvalue weighted by Crippen LogP contribution is 2.30. The molecule has 0 amide bonds. The third kappa shape index (κ3) is 3.65. The predicted octanol–water partition coefficient (Wildman–Crippen LogP) is 3.14. The number of anilines is 1. The van der Waals surface area contributed by atoms with Crippen molar-refractivity contribution in [1.29, 1.82) is 0 Å². The Hall–Kier alpha value is -2.70. The number of pyridine rings is 1. The van der Waals surface area contributed by atoms with Gasteiger partial charge >= 0.3 is 5.69 Å². The second-order valence-electron chi connectivity index (χ2n) is 4.22. The lowest BCUT2D eigenvalue weighted by atomic mass is 10.2. The van der Waals surface area contributed by atoms with Gasteiger partial charge < -0.3 is 10.1 Å². The van der Waals surface area contributed by atoms with Crippen molar-refractivity contribution in [3.63, 3.8) is 0 Å². The zero-order valence-electron chi connectivity index (χ0n) is 11.4. The summed E-state index contributed by atoms with van der Waals surface area (Å²) < 4.78 is 18.9. The van der Waals surface area contributed by atoms with E-state index in [9.17, 15) is 14.5 Å². The molecule has 0 spiro atoms.